The zero-order chi connectivity index (χ0) is 13.7. The Hall–Kier alpha value is -0.620. The van der Waals surface area contributed by atoms with E-state index in [-0.39, 0.29) is 6.04 Å². The summed E-state index contributed by atoms with van der Waals surface area (Å²) < 4.78 is 12.2. The number of nitrogens with zero attached hydrogens (tertiary/aromatic N) is 1. The monoisotopic (exact) mass is 328 g/mol. The van der Waals surface area contributed by atoms with Gasteiger partial charge in [-0.05, 0) is 19.1 Å². The maximum Gasteiger partial charge on any atom is 0.125 e. The van der Waals surface area contributed by atoms with E-state index in [1.807, 2.05) is 25.1 Å². The van der Waals surface area contributed by atoms with Gasteiger partial charge in [-0.3, -0.25) is 4.90 Å². The van der Waals surface area contributed by atoms with Gasteiger partial charge >= 0.3 is 0 Å². The average molecular weight is 329 g/mol. The summed E-state index contributed by atoms with van der Waals surface area (Å²) in [5, 5.41) is 0. The first-order valence-corrected chi connectivity index (χ1v) is 7.44. The van der Waals surface area contributed by atoms with Crippen LogP contribution in [0.1, 0.15) is 18.5 Å². The van der Waals surface area contributed by atoms with Crippen molar-refractivity contribution in [2.24, 2.45) is 5.73 Å². The number of halogens is 1. The Morgan fingerprint density at radius 2 is 2.16 bits per heavy atom. The lowest BCUT2D eigenvalue weighted by Crippen LogP contribution is -2.38. The van der Waals surface area contributed by atoms with Crippen molar-refractivity contribution >= 4 is 15.9 Å². The minimum absolute atomic E-state index is 0.0218. The van der Waals surface area contributed by atoms with Crippen molar-refractivity contribution in [2.45, 2.75) is 13.0 Å². The summed E-state index contributed by atoms with van der Waals surface area (Å²) in [4.78, 5) is 2.35. The molecule has 1 aliphatic heterocycles. The lowest BCUT2D eigenvalue weighted by atomic mass is 10.1. The number of rotatable bonds is 5. The molecule has 0 radical (unpaired) electrons. The first-order chi connectivity index (χ1) is 9.16. The third kappa shape index (κ3) is 4.45. The maximum atomic E-state index is 5.96. The minimum atomic E-state index is -0.0218. The van der Waals surface area contributed by atoms with Crippen LogP contribution in [0.15, 0.2) is 22.7 Å². The van der Waals surface area contributed by atoms with Crippen molar-refractivity contribution in [3.05, 3.63) is 28.2 Å². The Morgan fingerprint density at radius 3 is 2.84 bits per heavy atom. The number of benzene rings is 1. The molecule has 0 unspecified atom stereocenters. The zero-order valence-electron chi connectivity index (χ0n) is 11.3. The molecule has 0 saturated carbocycles. The van der Waals surface area contributed by atoms with Gasteiger partial charge in [0, 0.05) is 35.7 Å². The van der Waals surface area contributed by atoms with Gasteiger partial charge in [0.2, 0.25) is 0 Å². The smallest absolute Gasteiger partial charge is 0.125 e. The van der Waals surface area contributed by atoms with Crippen molar-refractivity contribution < 1.29 is 9.47 Å². The molecule has 1 aliphatic rings. The first kappa shape index (κ1) is 14.8. The van der Waals surface area contributed by atoms with Gasteiger partial charge in [0.15, 0.2) is 0 Å². The Bertz CT molecular complexity index is 406. The van der Waals surface area contributed by atoms with Crippen LogP contribution in [0.4, 0.5) is 0 Å². The van der Waals surface area contributed by atoms with Crippen molar-refractivity contribution in [1.29, 1.82) is 0 Å². The third-order valence-corrected chi connectivity index (χ3v) is 3.73. The molecule has 19 heavy (non-hydrogen) atoms. The van der Waals surface area contributed by atoms with Crippen LogP contribution in [-0.4, -0.2) is 44.4 Å². The average Bonchev–Trinajstić information content (AvgIpc) is 2.39. The van der Waals surface area contributed by atoms with Crippen molar-refractivity contribution in [3.8, 4) is 5.75 Å². The lowest BCUT2D eigenvalue weighted by molar-refractivity contribution is 0.0322. The minimum Gasteiger partial charge on any atom is -0.492 e. The Morgan fingerprint density at radius 1 is 1.42 bits per heavy atom. The van der Waals surface area contributed by atoms with Gasteiger partial charge in [-0.25, -0.2) is 0 Å². The molecular formula is C14H21BrN2O2. The van der Waals surface area contributed by atoms with Crippen LogP contribution in [0.25, 0.3) is 0 Å². The molecule has 0 aromatic heterocycles. The Labute approximate surface area is 123 Å². The number of nitrogens with two attached hydrogens (primary N) is 1. The van der Waals surface area contributed by atoms with Gasteiger partial charge in [0.25, 0.3) is 0 Å². The molecule has 1 saturated heterocycles. The molecule has 4 nitrogen and oxygen atoms in total. The van der Waals surface area contributed by atoms with Gasteiger partial charge in [0.05, 0.1) is 13.2 Å². The topological polar surface area (TPSA) is 47.7 Å². The second kappa shape index (κ2) is 7.24. The predicted octanol–water partition coefficient (Wildman–Crippen LogP) is 2.18. The molecule has 0 bridgehead atoms. The summed E-state index contributed by atoms with van der Waals surface area (Å²) in [6.45, 7) is 7.19. The van der Waals surface area contributed by atoms with Gasteiger partial charge in [-0.2, -0.15) is 0 Å². The van der Waals surface area contributed by atoms with E-state index in [2.05, 4.69) is 20.8 Å². The lowest BCUT2D eigenvalue weighted by Gasteiger charge is -2.26. The SMILES string of the molecule is C[C@@H](N)c1ccc(Br)cc1OCCN1CCOCC1. The molecular weight excluding hydrogens is 308 g/mol. The summed E-state index contributed by atoms with van der Waals surface area (Å²) in [6, 6.07) is 5.97. The molecule has 1 atom stereocenters. The highest BCUT2D eigenvalue weighted by atomic mass is 79.9. The molecule has 0 spiro atoms. The fourth-order valence-electron chi connectivity index (χ4n) is 2.12. The van der Waals surface area contributed by atoms with Gasteiger partial charge in [0.1, 0.15) is 12.4 Å². The van der Waals surface area contributed by atoms with Crippen LogP contribution in [0.5, 0.6) is 5.75 Å². The third-order valence-electron chi connectivity index (χ3n) is 3.23. The Balaban J connectivity index is 1.89. The zero-order valence-corrected chi connectivity index (χ0v) is 12.9. The largest absolute Gasteiger partial charge is 0.492 e. The summed E-state index contributed by atoms with van der Waals surface area (Å²) in [5.74, 6) is 0.873. The van der Waals surface area contributed by atoms with E-state index in [0.29, 0.717) is 6.61 Å². The van der Waals surface area contributed by atoms with Gasteiger partial charge in [-0.1, -0.05) is 22.0 Å². The van der Waals surface area contributed by atoms with Crippen LogP contribution in [0.3, 0.4) is 0 Å². The molecule has 5 heteroatoms. The molecule has 1 heterocycles. The normalized spacial score (nSPS) is 18.3. The second-order valence-corrected chi connectivity index (χ2v) is 5.69. The van der Waals surface area contributed by atoms with Crippen LogP contribution in [-0.2, 0) is 4.74 Å². The Kier molecular flexibility index (Phi) is 5.63. The fraction of sp³-hybridized carbons (Fsp3) is 0.571. The van der Waals surface area contributed by atoms with Crippen LogP contribution < -0.4 is 10.5 Å². The van der Waals surface area contributed by atoms with E-state index in [9.17, 15) is 0 Å². The van der Waals surface area contributed by atoms with E-state index in [4.69, 9.17) is 15.2 Å². The quantitative estimate of drug-likeness (QED) is 0.900. The maximum absolute atomic E-state index is 5.96. The van der Waals surface area contributed by atoms with Crippen molar-refractivity contribution in [3.63, 3.8) is 0 Å². The first-order valence-electron chi connectivity index (χ1n) is 6.65. The fourth-order valence-corrected chi connectivity index (χ4v) is 2.46. The highest BCUT2D eigenvalue weighted by Crippen LogP contribution is 2.27. The van der Waals surface area contributed by atoms with Gasteiger partial charge < -0.3 is 15.2 Å². The van der Waals surface area contributed by atoms with Crippen molar-refractivity contribution in [2.75, 3.05) is 39.5 Å². The summed E-state index contributed by atoms with van der Waals surface area (Å²) in [6.07, 6.45) is 0. The van der Waals surface area contributed by atoms with E-state index in [0.717, 1.165) is 48.6 Å². The predicted molar refractivity (Wildman–Crippen MR) is 79.5 cm³/mol. The van der Waals surface area contributed by atoms with Crippen molar-refractivity contribution in [1.82, 2.24) is 4.90 Å². The number of hydrogen-bond donors (Lipinski definition) is 1. The summed E-state index contributed by atoms with van der Waals surface area (Å²) in [7, 11) is 0. The van der Waals surface area contributed by atoms with E-state index in [1.165, 1.54) is 0 Å². The summed E-state index contributed by atoms with van der Waals surface area (Å²) in [5.41, 5.74) is 7.00. The molecule has 2 rings (SSSR count). The van der Waals surface area contributed by atoms with Gasteiger partial charge in [-0.15, -0.1) is 0 Å². The molecule has 1 fully saturated rings. The number of ether oxygens (including phenoxy) is 2. The second-order valence-electron chi connectivity index (χ2n) is 4.77. The highest BCUT2D eigenvalue weighted by Gasteiger charge is 2.12. The molecule has 0 amide bonds. The molecule has 1 aromatic rings. The summed E-state index contributed by atoms with van der Waals surface area (Å²) >= 11 is 3.47. The molecule has 1 aromatic carbocycles. The highest BCUT2D eigenvalue weighted by molar-refractivity contribution is 9.10. The van der Waals surface area contributed by atoms with E-state index in [1.54, 1.807) is 0 Å². The number of morpholine rings is 1. The molecule has 106 valence electrons. The molecule has 0 aliphatic carbocycles. The van der Waals surface area contributed by atoms with Crippen LogP contribution >= 0.6 is 15.9 Å². The molecule has 2 N–H and O–H groups in total. The van der Waals surface area contributed by atoms with E-state index < -0.39 is 0 Å². The standard InChI is InChI=1S/C14H21BrN2O2/c1-11(16)13-3-2-12(15)10-14(13)19-9-6-17-4-7-18-8-5-17/h2-3,10-11H,4-9,16H2,1H3/t11-/m1/s1. The van der Waals surface area contributed by atoms with E-state index >= 15 is 0 Å². The van der Waals surface area contributed by atoms with Crippen LogP contribution in [0, 0.1) is 0 Å². The number of hydrogen-bond acceptors (Lipinski definition) is 4. The van der Waals surface area contributed by atoms with Crippen LogP contribution in [0.2, 0.25) is 0 Å².